The quantitative estimate of drug-likeness (QED) is 0.823. The van der Waals surface area contributed by atoms with E-state index in [-0.39, 0.29) is 5.69 Å². The average Bonchev–Trinajstić information content (AvgIpc) is 2.64. The standard InChI is InChI=1S/C11H13N3O2/c1-2-6-12-10-9(11(15)16)14-7-4-3-5-8(14)13-10/h3-5,7,12H,2,6H2,1H3,(H,15,16). The van der Waals surface area contributed by atoms with Crippen LogP contribution in [0.2, 0.25) is 0 Å². The first kappa shape index (κ1) is 10.5. The predicted octanol–water partition coefficient (Wildman–Crippen LogP) is 1.85. The molecule has 0 bridgehead atoms. The molecule has 0 radical (unpaired) electrons. The van der Waals surface area contributed by atoms with E-state index in [1.54, 1.807) is 22.7 Å². The molecule has 2 aromatic rings. The number of aromatic carboxylic acids is 1. The SMILES string of the molecule is CCCNc1nc2ccccn2c1C(=O)O. The van der Waals surface area contributed by atoms with Crippen LogP contribution in [0.4, 0.5) is 5.82 Å². The van der Waals surface area contributed by atoms with E-state index >= 15 is 0 Å². The van der Waals surface area contributed by atoms with Gasteiger partial charge in [-0.25, -0.2) is 9.78 Å². The second kappa shape index (κ2) is 4.22. The molecule has 5 nitrogen and oxygen atoms in total. The van der Waals surface area contributed by atoms with Crippen LogP contribution >= 0.6 is 0 Å². The molecule has 0 unspecified atom stereocenters. The van der Waals surface area contributed by atoms with Gasteiger partial charge in [0.25, 0.3) is 0 Å². The lowest BCUT2D eigenvalue weighted by Crippen LogP contribution is -2.08. The number of anilines is 1. The molecule has 84 valence electrons. The van der Waals surface area contributed by atoms with Gasteiger partial charge in [-0.1, -0.05) is 13.0 Å². The third-order valence-electron chi connectivity index (χ3n) is 2.27. The van der Waals surface area contributed by atoms with Crippen molar-refractivity contribution in [3.63, 3.8) is 0 Å². The minimum absolute atomic E-state index is 0.184. The second-order valence-corrected chi connectivity index (χ2v) is 3.47. The number of carbonyl (C=O) groups is 1. The minimum Gasteiger partial charge on any atom is -0.476 e. The summed E-state index contributed by atoms with van der Waals surface area (Å²) in [5, 5.41) is 12.2. The Hall–Kier alpha value is -2.04. The fourth-order valence-electron chi connectivity index (χ4n) is 1.57. The number of carboxylic acid groups (broad SMARTS) is 1. The molecule has 0 saturated heterocycles. The Morgan fingerprint density at radius 3 is 3.06 bits per heavy atom. The van der Waals surface area contributed by atoms with Crippen LogP contribution in [0.5, 0.6) is 0 Å². The normalized spacial score (nSPS) is 10.6. The molecular weight excluding hydrogens is 206 g/mol. The Bertz CT molecular complexity index is 519. The van der Waals surface area contributed by atoms with E-state index in [2.05, 4.69) is 10.3 Å². The summed E-state index contributed by atoms with van der Waals surface area (Å²) < 4.78 is 1.57. The Balaban J connectivity index is 2.54. The molecule has 2 rings (SSSR count). The Morgan fingerprint density at radius 2 is 2.38 bits per heavy atom. The maximum atomic E-state index is 11.2. The van der Waals surface area contributed by atoms with Gasteiger partial charge in [-0.3, -0.25) is 4.40 Å². The Morgan fingerprint density at radius 1 is 1.56 bits per heavy atom. The van der Waals surface area contributed by atoms with Gasteiger partial charge in [0.05, 0.1) is 0 Å². The number of nitrogens with zero attached hydrogens (tertiary/aromatic N) is 2. The fraction of sp³-hybridized carbons (Fsp3) is 0.273. The molecule has 0 aliphatic heterocycles. The third-order valence-corrected chi connectivity index (χ3v) is 2.27. The van der Waals surface area contributed by atoms with Crippen LogP contribution in [0.1, 0.15) is 23.8 Å². The monoisotopic (exact) mass is 219 g/mol. The van der Waals surface area contributed by atoms with Gasteiger partial charge >= 0.3 is 5.97 Å². The van der Waals surface area contributed by atoms with Crippen LogP contribution in [0, 0.1) is 0 Å². The zero-order chi connectivity index (χ0) is 11.5. The molecule has 0 aliphatic carbocycles. The molecule has 16 heavy (non-hydrogen) atoms. The maximum absolute atomic E-state index is 11.2. The van der Waals surface area contributed by atoms with E-state index in [0.29, 0.717) is 18.0 Å². The van der Waals surface area contributed by atoms with E-state index in [1.165, 1.54) is 0 Å². The summed E-state index contributed by atoms with van der Waals surface area (Å²) in [4.78, 5) is 15.4. The first-order valence-corrected chi connectivity index (χ1v) is 5.18. The molecule has 2 heterocycles. The highest BCUT2D eigenvalue weighted by Crippen LogP contribution is 2.17. The molecule has 2 aromatic heterocycles. The number of rotatable bonds is 4. The van der Waals surface area contributed by atoms with E-state index in [4.69, 9.17) is 5.11 Å². The first-order chi connectivity index (χ1) is 7.74. The molecular formula is C11H13N3O2. The lowest BCUT2D eigenvalue weighted by Gasteiger charge is -2.01. The highest BCUT2D eigenvalue weighted by atomic mass is 16.4. The van der Waals surface area contributed by atoms with E-state index < -0.39 is 5.97 Å². The van der Waals surface area contributed by atoms with Crippen LogP contribution in [0.15, 0.2) is 24.4 Å². The van der Waals surface area contributed by atoms with Crippen molar-refractivity contribution >= 4 is 17.4 Å². The first-order valence-electron chi connectivity index (χ1n) is 5.18. The molecule has 0 atom stereocenters. The van der Waals surface area contributed by atoms with Gasteiger partial charge in [0, 0.05) is 12.7 Å². The molecule has 0 saturated carbocycles. The number of fused-ring (bicyclic) bond motifs is 1. The average molecular weight is 219 g/mol. The molecule has 0 aliphatic rings. The Labute approximate surface area is 92.7 Å². The van der Waals surface area contributed by atoms with Crippen LogP contribution in [-0.2, 0) is 0 Å². The molecule has 5 heteroatoms. The van der Waals surface area contributed by atoms with Crippen molar-refractivity contribution in [1.82, 2.24) is 9.38 Å². The van der Waals surface area contributed by atoms with Crippen molar-refractivity contribution in [2.24, 2.45) is 0 Å². The maximum Gasteiger partial charge on any atom is 0.356 e. The van der Waals surface area contributed by atoms with Crippen molar-refractivity contribution in [3.05, 3.63) is 30.1 Å². The summed E-state index contributed by atoms with van der Waals surface area (Å²) in [6, 6.07) is 5.39. The number of imidazole rings is 1. The summed E-state index contributed by atoms with van der Waals surface area (Å²) in [6.45, 7) is 2.73. The van der Waals surface area contributed by atoms with Crippen molar-refractivity contribution in [3.8, 4) is 0 Å². The van der Waals surface area contributed by atoms with Crippen LogP contribution in [0.25, 0.3) is 5.65 Å². The van der Waals surface area contributed by atoms with Crippen molar-refractivity contribution in [1.29, 1.82) is 0 Å². The summed E-state index contributed by atoms with van der Waals surface area (Å²) in [6.07, 6.45) is 2.62. The third kappa shape index (κ3) is 1.71. The van der Waals surface area contributed by atoms with E-state index in [0.717, 1.165) is 6.42 Å². The number of pyridine rings is 1. The van der Waals surface area contributed by atoms with Gasteiger partial charge in [-0.15, -0.1) is 0 Å². The van der Waals surface area contributed by atoms with Crippen LogP contribution in [0.3, 0.4) is 0 Å². The number of nitrogens with one attached hydrogen (secondary N) is 1. The lowest BCUT2D eigenvalue weighted by molar-refractivity contribution is 0.0690. The Kier molecular flexibility index (Phi) is 2.76. The molecule has 0 aromatic carbocycles. The summed E-state index contributed by atoms with van der Waals surface area (Å²) in [7, 11) is 0. The molecule has 0 spiro atoms. The fourth-order valence-corrected chi connectivity index (χ4v) is 1.57. The zero-order valence-electron chi connectivity index (χ0n) is 8.97. The highest BCUT2D eigenvalue weighted by Gasteiger charge is 2.17. The number of hydrogen-bond acceptors (Lipinski definition) is 3. The largest absolute Gasteiger partial charge is 0.476 e. The predicted molar refractivity (Wildman–Crippen MR) is 60.9 cm³/mol. The van der Waals surface area contributed by atoms with Crippen molar-refractivity contribution in [2.75, 3.05) is 11.9 Å². The van der Waals surface area contributed by atoms with Crippen molar-refractivity contribution in [2.45, 2.75) is 13.3 Å². The summed E-state index contributed by atoms with van der Waals surface area (Å²) in [5.74, 6) is -0.544. The summed E-state index contributed by atoms with van der Waals surface area (Å²) >= 11 is 0. The van der Waals surface area contributed by atoms with Crippen molar-refractivity contribution < 1.29 is 9.90 Å². The highest BCUT2D eigenvalue weighted by molar-refractivity contribution is 5.92. The summed E-state index contributed by atoms with van der Waals surface area (Å²) in [5.41, 5.74) is 0.822. The van der Waals surface area contributed by atoms with Gasteiger partial charge < -0.3 is 10.4 Å². The topological polar surface area (TPSA) is 66.6 Å². The van der Waals surface area contributed by atoms with Crippen LogP contribution < -0.4 is 5.32 Å². The lowest BCUT2D eigenvalue weighted by atomic mass is 10.4. The van der Waals surface area contributed by atoms with Gasteiger partial charge in [0.15, 0.2) is 11.5 Å². The van der Waals surface area contributed by atoms with Gasteiger partial charge in [0.1, 0.15) is 5.65 Å². The smallest absolute Gasteiger partial charge is 0.356 e. The minimum atomic E-state index is -0.975. The van der Waals surface area contributed by atoms with Gasteiger partial charge in [0.2, 0.25) is 0 Å². The van der Waals surface area contributed by atoms with E-state index in [1.807, 2.05) is 13.0 Å². The van der Waals surface area contributed by atoms with Crippen LogP contribution in [-0.4, -0.2) is 27.0 Å². The second-order valence-electron chi connectivity index (χ2n) is 3.47. The number of hydrogen-bond donors (Lipinski definition) is 2. The molecule has 0 fully saturated rings. The number of carboxylic acids is 1. The van der Waals surface area contributed by atoms with Gasteiger partial charge in [-0.05, 0) is 18.6 Å². The van der Waals surface area contributed by atoms with E-state index in [9.17, 15) is 4.79 Å². The number of aromatic nitrogens is 2. The molecule has 2 N–H and O–H groups in total. The zero-order valence-corrected chi connectivity index (χ0v) is 8.97. The van der Waals surface area contributed by atoms with Gasteiger partial charge in [-0.2, -0.15) is 0 Å². The molecule has 0 amide bonds.